The summed E-state index contributed by atoms with van der Waals surface area (Å²) >= 11 is 0. The monoisotopic (exact) mass is 307 g/mol. The minimum absolute atomic E-state index is 0.149. The highest BCUT2D eigenvalue weighted by Crippen LogP contribution is 2.32. The second-order valence-corrected chi connectivity index (χ2v) is 3.98. The van der Waals surface area contributed by atoms with Crippen LogP contribution in [0.5, 0.6) is 0 Å². The van der Waals surface area contributed by atoms with Crippen LogP contribution in [-0.2, 0) is 12.7 Å². The molecule has 0 unspecified atom stereocenters. The molecule has 0 saturated carbocycles. The predicted molar refractivity (Wildman–Crippen MR) is 54.1 cm³/mol. The molecule has 0 aliphatic carbocycles. The summed E-state index contributed by atoms with van der Waals surface area (Å²) in [6.07, 6.45) is -8.80. The van der Waals surface area contributed by atoms with Crippen molar-refractivity contribution in [3.63, 3.8) is 0 Å². The van der Waals surface area contributed by atoms with Crippen LogP contribution in [0.4, 0.5) is 35.1 Å². The first kappa shape index (κ1) is 16.7. The Morgan fingerprint density at radius 2 is 1.65 bits per heavy atom. The van der Waals surface area contributed by atoms with Gasteiger partial charge in [-0.3, -0.25) is 0 Å². The molecule has 1 N–H and O–H groups in total. The molecule has 9 heteroatoms. The Hall–Kier alpha value is -1.38. The lowest BCUT2D eigenvalue weighted by Gasteiger charge is -2.16. The first-order chi connectivity index (χ1) is 9.04. The lowest BCUT2D eigenvalue weighted by atomic mass is 10.1. The number of halogens is 8. The van der Waals surface area contributed by atoms with Gasteiger partial charge in [-0.2, -0.15) is 22.0 Å². The van der Waals surface area contributed by atoms with Crippen LogP contribution in [0.3, 0.4) is 0 Å². The predicted octanol–water partition coefficient (Wildman–Crippen LogP) is 3.83. The molecule has 1 aromatic rings. The van der Waals surface area contributed by atoms with Crippen LogP contribution in [0, 0.1) is 5.82 Å². The highest BCUT2D eigenvalue weighted by molar-refractivity contribution is 5.27. The van der Waals surface area contributed by atoms with Gasteiger partial charge in [-0.25, -0.2) is 13.2 Å². The summed E-state index contributed by atoms with van der Waals surface area (Å²) < 4.78 is 98.7. The van der Waals surface area contributed by atoms with E-state index in [-0.39, 0.29) is 5.56 Å². The highest BCUT2D eigenvalue weighted by Gasteiger charge is 2.40. The normalized spacial score (nSPS) is 13.1. The third kappa shape index (κ3) is 4.32. The lowest BCUT2D eigenvalue weighted by Crippen LogP contribution is -2.38. The van der Waals surface area contributed by atoms with Gasteiger partial charge >= 0.3 is 18.5 Å². The summed E-state index contributed by atoms with van der Waals surface area (Å²) in [5.74, 6) is -5.79. The van der Waals surface area contributed by atoms with Gasteiger partial charge in [-0.1, -0.05) is 6.07 Å². The van der Waals surface area contributed by atoms with Crippen molar-refractivity contribution in [3.05, 3.63) is 35.1 Å². The number of rotatable bonds is 5. The number of alkyl halides is 7. The second kappa shape index (κ2) is 5.94. The molecule has 0 saturated heterocycles. The average Bonchev–Trinajstić information content (AvgIpc) is 2.29. The molecule has 1 nitrogen and oxygen atoms in total. The van der Waals surface area contributed by atoms with Crippen LogP contribution >= 0.6 is 0 Å². The van der Waals surface area contributed by atoms with Gasteiger partial charge in [0.2, 0.25) is 0 Å². The molecule has 0 radical (unpaired) electrons. The zero-order chi connectivity index (χ0) is 15.6. The summed E-state index contributed by atoms with van der Waals surface area (Å²) in [6.45, 7) is -1.92. The number of nitrogens with one attached hydrogen (secondary N) is 1. The zero-order valence-electron chi connectivity index (χ0n) is 9.75. The fourth-order valence-corrected chi connectivity index (χ4v) is 1.35. The van der Waals surface area contributed by atoms with Gasteiger partial charge in [0.15, 0.2) is 0 Å². The Balaban J connectivity index is 2.71. The third-order valence-corrected chi connectivity index (χ3v) is 2.35. The van der Waals surface area contributed by atoms with Crippen molar-refractivity contribution in [2.24, 2.45) is 0 Å². The molecule has 0 atom stereocenters. The minimum Gasteiger partial charge on any atom is -0.307 e. The molecular formula is C11H9F8N. The first-order valence-electron chi connectivity index (χ1n) is 5.26. The maximum Gasteiger partial charge on any atom is 0.419 e. The maximum atomic E-state index is 12.9. The van der Waals surface area contributed by atoms with E-state index in [2.05, 4.69) is 0 Å². The van der Waals surface area contributed by atoms with Crippen molar-refractivity contribution in [1.82, 2.24) is 5.32 Å². The number of hydrogen-bond donors (Lipinski definition) is 1. The van der Waals surface area contributed by atoms with Crippen LogP contribution in [0.25, 0.3) is 0 Å². The Morgan fingerprint density at radius 3 is 2.15 bits per heavy atom. The molecule has 1 aromatic carbocycles. The van der Waals surface area contributed by atoms with Crippen LogP contribution in [0.15, 0.2) is 18.2 Å². The zero-order valence-corrected chi connectivity index (χ0v) is 9.75. The third-order valence-electron chi connectivity index (χ3n) is 2.35. The fourth-order valence-electron chi connectivity index (χ4n) is 1.35. The van der Waals surface area contributed by atoms with Gasteiger partial charge in [0.1, 0.15) is 5.82 Å². The van der Waals surface area contributed by atoms with E-state index in [9.17, 15) is 35.1 Å². The van der Waals surface area contributed by atoms with E-state index in [4.69, 9.17) is 0 Å². The van der Waals surface area contributed by atoms with Gasteiger partial charge in [0.05, 0.1) is 12.1 Å². The minimum atomic E-state index is -4.92. The summed E-state index contributed by atoms with van der Waals surface area (Å²) in [5.41, 5.74) is -1.69. The molecule has 0 aliphatic heterocycles. The van der Waals surface area contributed by atoms with E-state index in [1.807, 2.05) is 5.32 Å². The van der Waals surface area contributed by atoms with Gasteiger partial charge in [0, 0.05) is 6.54 Å². The van der Waals surface area contributed by atoms with Crippen molar-refractivity contribution < 1.29 is 35.1 Å². The summed E-state index contributed by atoms with van der Waals surface area (Å²) in [6, 6.07) is 1.91. The Labute approximate surface area is 108 Å². The SMILES string of the molecule is Fc1ccc(CNCC(F)(F)C(F)F)cc1C(F)(F)F. The highest BCUT2D eigenvalue weighted by atomic mass is 19.4. The van der Waals surface area contributed by atoms with Crippen molar-refractivity contribution in [1.29, 1.82) is 0 Å². The van der Waals surface area contributed by atoms with Crippen molar-refractivity contribution in [2.75, 3.05) is 6.54 Å². The average molecular weight is 307 g/mol. The Kier molecular flexibility index (Phi) is 4.95. The molecule has 0 aliphatic rings. The van der Waals surface area contributed by atoms with E-state index >= 15 is 0 Å². The number of benzene rings is 1. The van der Waals surface area contributed by atoms with Crippen molar-refractivity contribution in [2.45, 2.75) is 25.1 Å². The van der Waals surface area contributed by atoms with E-state index in [0.717, 1.165) is 6.07 Å². The molecule has 0 bridgehead atoms. The van der Waals surface area contributed by atoms with E-state index < -0.39 is 43.0 Å². The van der Waals surface area contributed by atoms with Crippen molar-refractivity contribution in [3.8, 4) is 0 Å². The maximum absolute atomic E-state index is 12.9. The van der Waals surface area contributed by atoms with Crippen LogP contribution in [-0.4, -0.2) is 18.9 Å². The van der Waals surface area contributed by atoms with Gasteiger partial charge in [-0.05, 0) is 17.7 Å². The van der Waals surface area contributed by atoms with Gasteiger partial charge in [-0.15, -0.1) is 0 Å². The quantitative estimate of drug-likeness (QED) is 0.815. The topological polar surface area (TPSA) is 12.0 Å². The first-order valence-corrected chi connectivity index (χ1v) is 5.26. The van der Waals surface area contributed by atoms with E-state index in [1.165, 1.54) is 0 Å². The molecule has 0 aromatic heterocycles. The smallest absolute Gasteiger partial charge is 0.307 e. The van der Waals surface area contributed by atoms with E-state index in [0.29, 0.717) is 12.1 Å². The van der Waals surface area contributed by atoms with Crippen LogP contribution < -0.4 is 5.32 Å². The summed E-state index contributed by atoms with van der Waals surface area (Å²) in [5, 5.41) is 1.90. The van der Waals surface area contributed by atoms with Gasteiger partial charge < -0.3 is 5.32 Å². The molecule has 0 heterocycles. The van der Waals surface area contributed by atoms with E-state index in [1.54, 1.807) is 0 Å². The number of hydrogen-bond acceptors (Lipinski definition) is 1. The molecular weight excluding hydrogens is 298 g/mol. The second-order valence-electron chi connectivity index (χ2n) is 3.98. The van der Waals surface area contributed by atoms with Gasteiger partial charge in [0.25, 0.3) is 0 Å². The lowest BCUT2D eigenvalue weighted by molar-refractivity contribution is -0.140. The summed E-state index contributed by atoms with van der Waals surface area (Å²) in [4.78, 5) is 0. The molecule has 0 spiro atoms. The van der Waals surface area contributed by atoms with Crippen LogP contribution in [0.2, 0.25) is 0 Å². The fraction of sp³-hybridized carbons (Fsp3) is 0.455. The molecule has 0 fully saturated rings. The molecule has 0 amide bonds. The summed E-state index contributed by atoms with van der Waals surface area (Å²) in [7, 11) is 0. The largest absolute Gasteiger partial charge is 0.419 e. The molecule has 114 valence electrons. The molecule has 20 heavy (non-hydrogen) atoms. The van der Waals surface area contributed by atoms with Crippen molar-refractivity contribution >= 4 is 0 Å². The molecule has 1 rings (SSSR count). The standard InChI is InChI=1S/C11H9F8N/c12-8-2-1-6(3-7(8)11(17,18)19)4-20-5-10(15,16)9(13)14/h1-3,9,20H,4-5H2. The Morgan fingerprint density at radius 1 is 1.05 bits per heavy atom. The van der Waals surface area contributed by atoms with Crippen LogP contribution in [0.1, 0.15) is 11.1 Å². The Bertz CT molecular complexity index is 454.